The molecule has 0 fully saturated rings. The number of alkyl halides is 2. The highest BCUT2D eigenvalue weighted by Gasteiger charge is 2.22. The van der Waals surface area contributed by atoms with Gasteiger partial charge in [0.1, 0.15) is 34.7 Å². The topological polar surface area (TPSA) is 122 Å². The van der Waals surface area contributed by atoms with Crippen LogP contribution in [0.15, 0.2) is 42.6 Å². The first-order valence-electron chi connectivity index (χ1n) is 10.6. The molecule has 180 valence electrons. The average molecular weight is 482 g/mol. The van der Waals surface area contributed by atoms with Crippen LogP contribution in [0.25, 0.3) is 22.2 Å². The molecular formula is C24H21F3N6O2. The Hall–Kier alpha value is -4.46. The van der Waals surface area contributed by atoms with E-state index in [9.17, 15) is 23.2 Å². The molecule has 35 heavy (non-hydrogen) atoms. The molecule has 0 atom stereocenters. The van der Waals surface area contributed by atoms with E-state index >= 15 is 0 Å². The van der Waals surface area contributed by atoms with Gasteiger partial charge in [0.2, 0.25) is 0 Å². The molecule has 0 saturated heterocycles. The highest BCUT2D eigenvalue weighted by Crippen LogP contribution is 2.34. The summed E-state index contributed by atoms with van der Waals surface area (Å²) in [4.78, 5) is 15.8. The molecule has 2 aromatic carbocycles. The number of ether oxygens (including phenoxy) is 1. The Kier molecular flexibility index (Phi) is 6.38. The number of anilines is 1. The van der Waals surface area contributed by atoms with Crippen molar-refractivity contribution in [1.82, 2.24) is 20.1 Å². The first kappa shape index (κ1) is 23.7. The van der Waals surface area contributed by atoms with E-state index in [0.717, 1.165) is 23.6 Å². The van der Waals surface area contributed by atoms with Crippen molar-refractivity contribution in [1.29, 1.82) is 5.26 Å². The molecule has 0 saturated carbocycles. The molecule has 1 amide bonds. The van der Waals surface area contributed by atoms with Gasteiger partial charge in [-0.15, -0.1) is 0 Å². The van der Waals surface area contributed by atoms with Crippen LogP contribution in [0.4, 0.5) is 19.0 Å². The van der Waals surface area contributed by atoms with Crippen LogP contribution in [-0.4, -0.2) is 27.3 Å². The maximum Gasteiger partial charge on any atom is 0.387 e. The number of nitrogens with two attached hydrogens (primary N) is 1. The molecule has 4 aromatic rings. The van der Waals surface area contributed by atoms with E-state index in [-0.39, 0.29) is 29.5 Å². The van der Waals surface area contributed by atoms with E-state index in [2.05, 4.69) is 26.2 Å². The zero-order valence-electron chi connectivity index (χ0n) is 18.8. The Morgan fingerprint density at radius 2 is 2.06 bits per heavy atom. The van der Waals surface area contributed by atoms with Crippen molar-refractivity contribution < 1.29 is 22.7 Å². The number of nitrogens with zero attached hydrogens (tertiary/aromatic N) is 3. The molecule has 0 bridgehead atoms. The predicted molar refractivity (Wildman–Crippen MR) is 123 cm³/mol. The van der Waals surface area contributed by atoms with Crippen molar-refractivity contribution in [2.75, 3.05) is 5.73 Å². The third-order valence-electron chi connectivity index (χ3n) is 5.45. The molecule has 0 aliphatic carbocycles. The Morgan fingerprint density at radius 1 is 1.29 bits per heavy atom. The number of aromatic amines is 1. The fourth-order valence-corrected chi connectivity index (χ4v) is 3.86. The minimum absolute atomic E-state index is 0.00837. The van der Waals surface area contributed by atoms with Gasteiger partial charge in [0.25, 0.3) is 5.91 Å². The average Bonchev–Trinajstić information content (AvgIpc) is 3.43. The lowest BCUT2D eigenvalue weighted by Crippen LogP contribution is -2.24. The number of nitrogen functional groups attached to an aromatic ring is 1. The highest BCUT2D eigenvalue weighted by molar-refractivity contribution is 5.99. The van der Waals surface area contributed by atoms with Gasteiger partial charge >= 0.3 is 6.61 Å². The molecule has 2 aromatic heterocycles. The summed E-state index contributed by atoms with van der Waals surface area (Å²) < 4.78 is 44.9. The van der Waals surface area contributed by atoms with Crippen molar-refractivity contribution in [3.63, 3.8) is 0 Å². The van der Waals surface area contributed by atoms with Crippen LogP contribution in [0.3, 0.4) is 0 Å². The lowest BCUT2D eigenvalue weighted by atomic mass is 10.0. The number of benzene rings is 2. The summed E-state index contributed by atoms with van der Waals surface area (Å²) >= 11 is 0. The first-order valence-corrected chi connectivity index (χ1v) is 10.6. The first-order chi connectivity index (χ1) is 16.7. The maximum atomic E-state index is 13.7. The Morgan fingerprint density at radius 3 is 2.74 bits per heavy atom. The number of hydrogen-bond acceptors (Lipinski definition) is 5. The molecule has 11 heteroatoms. The number of amides is 1. The number of nitriles is 1. The number of fused-ring (bicyclic) bond motifs is 1. The number of rotatable bonds is 7. The fraction of sp³-hybridized carbons (Fsp3) is 0.208. The number of nitrogens with one attached hydrogen (secondary N) is 2. The zero-order chi connectivity index (χ0) is 25.3. The van der Waals surface area contributed by atoms with E-state index < -0.39 is 24.1 Å². The van der Waals surface area contributed by atoms with Crippen LogP contribution < -0.4 is 15.8 Å². The van der Waals surface area contributed by atoms with Crippen molar-refractivity contribution >= 4 is 22.6 Å². The number of aromatic nitrogens is 3. The molecular weight excluding hydrogens is 461 g/mol. The zero-order valence-corrected chi connectivity index (χ0v) is 18.8. The normalized spacial score (nSPS) is 11.3. The SMILES string of the molecule is CC(C)n1nc(-c2ccc(CNC(=O)c3cc(F)ccc3OC(F)F)c3[nH]ccc23)c(C#N)c1N. The Bertz CT molecular complexity index is 1450. The second-order valence-corrected chi connectivity index (χ2v) is 8.00. The number of halogens is 3. The predicted octanol–water partition coefficient (Wildman–Crippen LogP) is 4.74. The van der Waals surface area contributed by atoms with Crippen LogP contribution in [0.1, 0.15) is 41.4 Å². The van der Waals surface area contributed by atoms with Gasteiger partial charge in [-0.05, 0) is 43.7 Å². The van der Waals surface area contributed by atoms with E-state index in [4.69, 9.17) is 5.73 Å². The number of carbonyl (C=O) groups is 1. The summed E-state index contributed by atoms with van der Waals surface area (Å²) in [6, 6.07) is 10.1. The molecule has 2 heterocycles. The fourth-order valence-electron chi connectivity index (χ4n) is 3.86. The number of carbonyl (C=O) groups excluding carboxylic acids is 1. The standard InChI is InChI=1S/C24H21F3N6O2/c1-12(2)33-22(29)18(10-28)21(32-33)15-5-3-13(20-16(15)7-8-30-20)11-31-23(34)17-9-14(25)4-6-19(17)35-24(26)27/h3-9,12,24,30H,11,29H2,1-2H3,(H,31,34). The van der Waals surface area contributed by atoms with Crippen molar-refractivity contribution in [3.05, 3.63) is 65.1 Å². The van der Waals surface area contributed by atoms with Gasteiger partial charge in [0.15, 0.2) is 0 Å². The van der Waals surface area contributed by atoms with Crippen LogP contribution in [-0.2, 0) is 6.54 Å². The third kappa shape index (κ3) is 4.50. The summed E-state index contributed by atoms with van der Waals surface area (Å²) in [7, 11) is 0. The van der Waals surface area contributed by atoms with Crippen LogP contribution in [0.2, 0.25) is 0 Å². The van der Waals surface area contributed by atoms with Gasteiger partial charge in [-0.2, -0.15) is 19.1 Å². The quantitative estimate of drug-likeness (QED) is 0.351. The van der Waals surface area contributed by atoms with Crippen molar-refractivity contribution in [2.45, 2.75) is 33.0 Å². The van der Waals surface area contributed by atoms with E-state index in [1.54, 1.807) is 23.0 Å². The van der Waals surface area contributed by atoms with E-state index in [1.807, 2.05) is 19.9 Å². The van der Waals surface area contributed by atoms with Gasteiger partial charge in [-0.3, -0.25) is 4.79 Å². The van der Waals surface area contributed by atoms with E-state index in [0.29, 0.717) is 22.3 Å². The maximum absolute atomic E-state index is 13.7. The molecule has 8 nitrogen and oxygen atoms in total. The lowest BCUT2D eigenvalue weighted by Gasteiger charge is -2.12. The number of H-pyrrole nitrogens is 1. The molecule has 0 spiro atoms. The Labute approximate surface area is 198 Å². The molecule has 4 N–H and O–H groups in total. The van der Waals surface area contributed by atoms with Gasteiger partial charge in [-0.25, -0.2) is 9.07 Å². The Balaban J connectivity index is 1.65. The second kappa shape index (κ2) is 9.42. The molecule has 0 radical (unpaired) electrons. The van der Waals surface area contributed by atoms with Gasteiger partial charge in [0, 0.05) is 29.7 Å². The molecule has 4 rings (SSSR count). The van der Waals surface area contributed by atoms with Gasteiger partial charge < -0.3 is 20.8 Å². The number of hydrogen-bond donors (Lipinski definition) is 3. The molecule has 0 unspecified atom stereocenters. The molecule has 0 aliphatic heterocycles. The lowest BCUT2D eigenvalue weighted by molar-refractivity contribution is -0.0502. The minimum atomic E-state index is -3.16. The molecule has 0 aliphatic rings. The van der Waals surface area contributed by atoms with Crippen molar-refractivity contribution in [3.8, 4) is 23.1 Å². The summed E-state index contributed by atoms with van der Waals surface area (Å²) in [5.41, 5.74) is 8.50. The van der Waals surface area contributed by atoms with Crippen molar-refractivity contribution in [2.24, 2.45) is 0 Å². The monoisotopic (exact) mass is 482 g/mol. The largest absolute Gasteiger partial charge is 0.434 e. The third-order valence-corrected chi connectivity index (χ3v) is 5.45. The minimum Gasteiger partial charge on any atom is -0.434 e. The van der Waals surface area contributed by atoms with Gasteiger partial charge in [0.05, 0.1) is 11.1 Å². The van der Waals surface area contributed by atoms with Crippen LogP contribution in [0, 0.1) is 17.1 Å². The smallest absolute Gasteiger partial charge is 0.387 e. The van der Waals surface area contributed by atoms with E-state index in [1.165, 1.54) is 0 Å². The van der Waals surface area contributed by atoms with Crippen LogP contribution in [0.5, 0.6) is 5.75 Å². The second-order valence-electron chi connectivity index (χ2n) is 8.00. The summed E-state index contributed by atoms with van der Waals surface area (Å²) in [6.07, 6.45) is 1.70. The highest BCUT2D eigenvalue weighted by atomic mass is 19.3. The summed E-state index contributed by atoms with van der Waals surface area (Å²) in [6.45, 7) is 0.656. The van der Waals surface area contributed by atoms with Crippen LogP contribution >= 0.6 is 0 Å². The summed E-state index contributed by atoms with van der Waals surface area (Å²) in [5.74, 6) is -1.70. The summed E-state index contributed by atoms with van der Waals surface area (Å²) in [5, 5.41) is 17.6. The van der Waals surface area contributed by atoms with Gasteiger partial charge in [-0.1, -0.05) is 12.1 Å².